The van der Waals surface area contributed by atoms with Gasteiger partial charge in [-0.05, 0) is 20.3 Å². The maximum atomic E-state index is 12.0. The van der Waals surface area contributed by atoms with E-state index < -0.39 is 39.1 Å². The fraction of sp³-hybridized carbons (Fsp3) is 0.917. The smallest absolute Gasteiger partial charge is 0.359 e. The van der Waals surface area contributed by atoms with Gasteiger partial charge < -0.3 is 34.2 Å². The second kappa shape index (κ2) is 11.5. The summed E-state index contributed by atoms with van der Waals surface area (Å²) in [6.45, 7) is 3.06. The topological polar surface area (TPSA) is 186 Å². The second-order valence-electron chi connectivity index (χ2n) is 5.33. The van der Waals surface area contributed by atoms with Gasteiger partial charge in [-0.2, -0.15) is 0 Å². The summed E-state index contributed by atoms with van der Waals surface area (Å²) in [6, 6.07) is 0. The van der Waals surface area contributed by atoms with Gasteiger partial charge in [-0.25, -0.2) is 10.4 Å². The molecule has 0 amide bonds. The Balaban J connectivity index is 5.61. The largest absolute Gasteiger partial charge is 0.480 e. The van der Waals surface area contributed by atoms with Crippen LogP contribution in [0.1, 0.15) is 26.7 Å². The molecule has 12 nitrogen and oxygen atoms in total. The Labute approximate surface area is 151 Å². The van der Waals surface area contributed by atoms with E-state index in [4.69, 9.17) is 14.6 Å². The van der Waals surface area contributed by atoms with Gasteiger partial charge in [-0.15, -0.1) is 0 Å². The Bertz CT molecular complexity index is 498. The Hall–Kier alpha value is -0.390. The van der Waals surface area contributed by atoms with Crippen LogP contribution < -0.4 is 5.43 Å². The minimum atomic E-state index is -5.43. The van der Waals surface area contributed by atoms with Crippen molar-refractivity contribution in [3.8, 4) is 0 Å². The minimum absolute atomic E-state index is 0.0668. The van der Waals surface area contributed by atoms with E-state index in [9.17, 15) is 33.5 Å². The molecule has 0 heterocycles. The third kappa shape index (κ3) is 8.10. The zero-order chi connectivity index (χ0) is 20.4. The SMILES string of the molecule is CCOCCCN(CC(=O)O)NC(CCOCC)(P(=O)(O)O)P(=O)(O)O. The standard InChI is InChI=1S/C12H28N2O10P2/c1-3-23-8-5-7-14(10-11(15)16)13-12(25(17,18)19,26(20,21)22)6-9-24-4-2/h13H,3-10H2,1-2H3,(H,15,16)(H2,17,18,19)(H2,20,21,22). The number of hydrogen-bond donors (Lipinski definition) is 6. The summed E-state index contributed by atoms with van der Waals surface area (Å²) in [7, 11) is -10.9. The molecular weight excluding hydrogens is 394 g/mol. The lowest BCUT2D eigenvalue weighted by atomic mass is 10.4. The molecule has 0 aromatic rings. The van der Waals surface area contributed by atoms with Crippen molar-refractivity contribution in [2.75, 3.05) is 39.5 Å². The number of carbonyl (C=O) groups is 1. The molecule has 0 aliphatic rings. The highest BCUT2D eigenvalue weighted by atomic mass is 31.2. The van der Waals surface area contributed by atoms with E-state index in [1.54, 1.807) is 13.8 Å². The van der Waals surface area contributed by atoms with Crippen molar-refractivity contribution in [1.82, 2.24) is 10.4 Å². The average molecular weight is 422 g/mol. The zero-order valence-corrected chi connectivity index (χ0v) is 16.6. The summed E-state index contributed by atoms with van der Waals surface area (Å²) in [4.78, 5) is 49.6. The molecule has 0 radical (unpaired) electrons. The fourth-order valence-electron chi connectivity index (χ4n) is 2.10. The van der Waals surface area contributed by atoms with Crippen molar-refractivity contribution >= 4 is 21.2 Å². The van der Waals surface area contributed by atoms with Gasteiger partial charge in [0.05, 0.1) is 0 Å². The predicted octanol–water partition coefficient (Wildman–Crippen LogP) is -0.260. The molecule has 0 atom stereocenters. The second-order valence-corrected chi connectivity index (χ2v) is 9.38. The van der Waals surface area contributed by atoms with E-state index in [0.717, 1.165) is 5.01 Å². The highest BCUT2D eigenvalue weighted by Gasteiger charge is 2.61. The molecule has 6 N–H and O–H groups in total. The van der Waals surface area contributed by atoms with E-state index in [0.29, 0.717) is 6.61 Å². The first-order valence-corrected chi connectivity index (χ1v) is 11.1. The molecule has 26 heavy (non-hydrogen) atoms. The Morgan fingerprint density at radius 1 is 1.04 bits per heavy atom. The molecule has 0 aliphatic carbocycles. The first-order valence-electron chi connectivity index (χ1n) is 7.92. The first-order chi connectivity index (χ1) is 11.9. The van der Waals surface area contributed by atoms with Crippen LogP contribution in [0, 0.1) is 0 Å². The molecule has 0 aromatic heterocycles. The summed E-state index contributed by atoms with van der Waals surface area (Å²) in [5.41, 5.74) is 2.11. The molecule has 0 saturated heterocycles. The van der Waals surface area contributed by atoms with Crippen LogP contribution in [0.15, 0.2) is 0 Å². The third-order valence-corrected chi connectivity index (χ3v) is 7.48. The van der Waals surface area contributed by atoms with Crippen molar-refractivity contribution in [2.45, 2.75) is 31.7 Å². The monoisotopic (exact) mass is 422 g/mol. The lowest BCUT2D eigenvalue weighted by Crippen LogP contribution is -2.56. The number of nitrogens with zero attached hydrogens (tertiary/aromatic N) is 1. The maximum Gasteiger partial charge on any atom is 0.359 e. The van der Waals surface area contributed by atoms with Crippen molar-refractivity contribution in [3.63, 3.8) is 0 Å². The van der Waals surface area contributed by atoms with Gasteiger partial charge >= 0.3 is 21.2 Å². The molecule has 0 aromatic carbocycles. The lowest BCUT2D eigenvalue weighted by Gasteiger charge is -2.39. The summed E-state index contributed by atoms with van der Waals surface area (Å²) in [5, 5.41) is 6.84. The summed E-state index contributed by atoms with van der Waals surface area (Å²) in [6.07, 6.45) is -0.449. The van der Waals surface area contributed by atoms with E-state index in [1.807, 2.05) is 0 Å². The van der Waals surface area contributed by atoms with Crippen molar-refractivity contribution in [2.24, 2.45) is 0 Å². The molecule has 0 fully saturated rings. The molecule has 0 bridgehead atoms. The van der Waals surface area contributed by atoms with E-state index >= 15 is 0 Å². The summed E-state index contributed by atoms with van der Waals surface area (Å²) < 4.78 is 34.0. The summed E-state index contributed by atoms with van der Waals surface area (Å²) >= 11 is 0. The number of aliphatic carboxylic acids is 1. The van der Waals surface area contributed by atoms with Gasteiger partial charge in [-0.3, -0.25) is 13.9 Å². The van der Waals surface area contributed by atoms with Gasteiger partial charge in [0.2, 0.25) is 5.02 Å². The van der Waals surface area contributed by atoms with Crippen LogP contribution in [-0.2, 0) is 23.4 Å². The Kier molecular flexibility index (Phi) is 11.3. The number of hydrogen-bond acceptors (Lipinski definition) is 7. The Morgan fingerprint density at radius 2 is 1.54 bits per heavy atom. The molecule has 14 heteroatoms. The highest BCUT2D eigenvalue weighted by molar-refractivity contribution is 7.72. The molecule has 0 spiro atoms. The number of rotatable bonds is 15. The zero-order valence-electron chi connectivity index (χ0n) is 14.8. The van der Waals surface area contributed by atoms with Crippen LogP contribution in [0.2, 0.25) is 0 Å². The van der Waals surface area contributed by atoms with Crippen LogP contribution in [0.3, 0.4) is 0 Å². The number of hydrazine groups is 1. The van der Waals surface area contributed by atoms with Crippen LogP contribution >= 0.6 is 15.2 Å². The number of carboxylic acid groups (broad SMARTS) is 1. The normalized spacial score (nSPS) is 13.3. The van der Waals surface area contributed by atoms with Gasteiger partial charge in [-0.1, -0.05) is 0 Å². The van der Waals surface area contributed by atoms with Gasteiger partial charge in [0.15, 0.2) is 0 Å². The van der Waals surface area contributed by atoms with Gasteiger partial charge in [0.1, 0.15) is 6.54 Å². The van der Waals surface area contributed by atoms with Crippen LogP contribution in [0.5, 0.6) is 0 Å². The molecular formula is C12H28N2O10P2. The van der Waals surface area contributed by atoms with E-state index in [1.165, 1.54) is 0 Å². The molecule has 0 saturated carbocycles. The van der Waals surface area contributed by atoms with Gasteiger partial charge in [0, 0.05) is 39.4 Å². The summed E-state index contributed by atoms with van der Waals surface area (Å²) in [5.74, 6) is -1.34. The highest BCUT2D eigenvalue weighted by Crippen LogP contribution is 2.69. The third-order valence-electron chi connectivity index (χ3n) is 3.35. The lowest BCUT2D eigenvalue weighted by molar-refractivity contribution is -0.139. The average Bonchev–Trinajstić information content (AvgIpc) is 2.47. The molecule has 0 rings (SSSR count). The van der Waals surface area contributed by atoms with Crippen molar-refractivity contribution < 1.29 is 48.1 Å². The number of carboxylic acids is 1. The first kappa shape index (κ1) is 25.6. The predicted molar refractivity (Wildman–Crippen MR) is 91.4 cm³/mol. The molecule has 156 valence electrons. The van der Waals surface area contributed by atoms with E-state index in [-0.39, 0.29) is 32.8 Å². The Morgan fingerprint density at radius 3 is 1.96 bits per heavy atom. The van der Waals surface area contributed by atoms with Crippen molar-refractivity contribution in [1.29, 1.82) is 0 Å². The van der Waals surface area contributed by atoms with Gasteiger partial charge in [0.25, 0.3) is 0 Å². The number of nitrogens with one attached hydrogen (secondary N) is 1. The molecule has 0 unspecified atom stereocenters. The van der Waals surface area contributed by atoms with Crippen LogP contribution in [-0.4, -0.2) is 80.2 Å². The van der Waals surface area contributed by atoms with E-state index in [2.05, 4.69) is 5.43 Å². The molecule has 0 aliphatic heterocycles. The quantitative estimate of drug-likeness (QED) is 0.115. The maximum absolute atomic E-state index is 12.0. The van der Waals surface area contributed by atoms with Crippen LogP contribution in [0.4, 0.5) is 0 Å². The van der Waals surface area contributed by atoms with Crippen LogP contribution in [0.25, 0.3) is 0 Å². The minimum Gasteiger partial charge on any atom is -0.480 e. The fourth-order valence-corrected chi connectivity index (χ4v) is 4.76. The van der Waals surface area contributed by atoms with Crippen molar-refractivity contribution in [3.05, 3.63) is 0 Å². The number of ether oxygens (including phenoxy) is 2.